The van der Waals surface area contributed by atoms with Crippen LogP contribution in [0.15, 0.2) is 35.4 Å². The molecular weight excluding hydrogens is 288 g/mol. The lowest BCUT2D eigenvalue weighted by atomic mass is 10.3. The average molecular weight is 299 g/mol. The summed E-state index contributed by atoms with van der Waals surface area (Å²) in [5.41, 5.74) is 6.69. The first-order valence-electron chi connectivity index (χ1n) is 5.21. The molecule has 100 valence electrons. The molecule has 1 heterocycles. The van der Waals surface area contributed by atoms with E-state index in [-0.39, 0.29) is 10.2 Å². The minimum atomic E-state index is -3.21. The normalized spacial score (nSPS) is 11.3. The van der Waals surface area contributed by atoms with Gasteiger partial charge in [0.25, 0.3) is 0 Å². The Morgan fingerprint density at radius 2 is 1.89 bits per heavy atom. The van der Waals surface area contributed by atoms with Crippen LogP contribution in [-0.4, -0.2) is 24.6 Å². The first-order valence-corrected chi connectivity index (χ1v) is 7.48. The number of hydrogen-bond acceptors (Lipinski definition) is 6. The molecule has 8 heteroatoms. The van der Waals surface area contributed by atoms with E-state index >= 15 is 0 Å². The number of hydrogen-bond donors (Lipinski definition) is 2. The highest BCUT2D eigenvalue weighted by Crippen LogP contribution is 2.22. The fourth-order valence-corrected chi connectivity index (χ4v) is 2.16. The summed E-state index contributed by atoms with van der Waals surface area (Å²) in [5.74, 6) is 0.368. The van der Waals surface area contributed by atoms with Crippen molar-refractivity contribution in [3.05, 3.63) is 35.7 Å². The summed E-state index contributed by atoms with van der Waals surface area (Å²) in [6.07, 6.45) is 2.54. The molecule has 19 heavy (non-hydrogen) atoms. The molecule has 0 unspecified atom stereocenters. The van der Waals surface area contributed by atoms with Crippen LogP contribution in [-0.2, 0) is 9.84 Å². The Labute approximate surface area is 115 Å². The van der Waals surface area contributed by atoms with Crippen molar-refractivity contribution >= 4 is 38.6 Å². The van der Waals surface area contributed by atoms with Gasteiger partial charge in [0.1, 0.15) is 0 Å². The lowest BCUT2D eigenvalue weighted by Crippen LogP contribution is -2.01. The quantitative estimate of drug-likeness (QED) is 0.839. The molecule has 0 aliphatic carbocycles. The molecule has 0 saturated heterocycles. The molecule has 1 aromatic heterocycles. The number of anilines is 3. The van der Waals surface area contributed by atoms with Crippen molar-refractivity contribution in [1.29, 1.82) is 0 Å². The Kier molecular flexibility index (Phi) is 3.59. The molecule has 0 aliphatic rings. The summed E-state index contributed by atoms with van der Waals surface area (Å²) in [6.45, 7) is 0. The maximum absolute atomic E-state index is 11.3. The van der Waals surface area contributed by atoms with Crippen molar-refractivity contribution < 1.29 is 8.42 Å². The van der Waals surface area contributed by atoms with Gasteiger partial charge in [0, 0.05) is 11.9 Å². The van der Waals surface area contributed by atoms with Crippen molar-refractivity contribution in [3.63, 3.8) is 0 Å². The van der Waals surface area contributed by atoms with Crippen molar-refractivity contribution in [2.75, 3.05) is 17.3 Å². The van der Waals surface area contributed by atoms with Gasteiger partial charge in [0.2, 0.25) is 5.28 Å². The highest BCUT2D eigenvalue weighted by molar-refractivity contribution is 7.90. The molecule has 0 fully saturated rings. The van der Waals surface area contributed by atoms with Crippen LogP contribution in [0.5, 0.6) is 0 Å². The molecule has 0 radical (unpaired) electrons. The van der Waals surface area contributed by atoms with Gasteiger partial charge in [-0.15, -0.1) is 0 Å². The average Bonchev–Trinajstić information content (AvgIpc) is 2.33. The molecular formula is C11H11ClN4O2S. The standard InChI is InChI=1S/C11H11ClN4O2S/c1-19(17,18)8-4-2-7(3-5-8)15-10-9(13)6-14-11(12)16-10/h2-6H,13H2,1H3,(H,14,15,16). The zero-order valence-corrected chi connectivity index (χ0v) is 11.5. The molecule has 0 bridgehead atoms. The highest BCUT2D eigenvalue weighted by Gasteiger charge is 2.07. The zero-order valence-electron chi connectivity index (χ0n) is 9.96. The van der Waals surface area contributed by atoms with Crippen LogP contribution in [0.1, 0.15) is 0 Å². The minimum absolute atomic E-state index is 0.0736. The van der Waals surface area contributed by atoms with Gasteiger partial charge in [0.05, 0.1) is 16.8 Å². The van der Waals surface area contributed by atoms with E-state index in [2.05, 4.69) is 15.3 Å². The molecule has 2 rings (SSSR count). The van der Waals surface area contributed by atoms with Gasteiger partial charge in [-0.25, -0.2) is 13.4 Å². The molecule has 0 spiro atoms. The first-order chi connectivity index (χ1) is 8.86. The molecule has 6 nitrogen and oxygen atoms in total. The maximum atomic E-state index is 11.3. The number of nitrogens with one attached hydrogen (secondary N) is 1. The monoisotopic (exact) mass is 298 g/mol. The van der Waals surface area contributed by atoms with Gasteiger partial charge < -0.3 is 11.1 Å². The number of benzene rings is 1. The number of sulfone groups is 1. The third kappa shape index (κ3) is 3.33. The van der Waals surface area contributed by atoms with Crippen molar-refractivity contribution in [2.24, 2.45) is 0 Å². The van der Waals surface area contributed by atoms with Crippen LogP contribution in [0.4, 0.5) is 17.2 Å². The van der Waals surface area contributed by atoms with Gasteiger partial charge in [-0.3, -0.25) is 0 Å². The fraction of sp³-hybridized carbons (Fsp3) is 0.0909. The Morgan fingerprint density at radius 3 is 2.47 bits per heavy atom. The molecule has 0 amide bonds. The Bertz CT molecular complexity index is 701. The van der Waals surface area contributed by atoms with Crippen molar-refractivity contribution in [1.82, 2.24) is 9.97 Å². The third-order valence-electron chi connectivity index (χ3n) is 2.33. The van der Waals surface area contributed by atoms with E-state index in [0.717, 1.165) is 6.26 Å². The van der Waals surface area contributed by atoms with Crippen LogP contribution >= 0.6 is 11.6 Å². The third-order valence-corrected chi connectivity index (χ3v) is 3.64. The van der Waals surface area contributed by atoms with Gasteiger partial charge in [0.15, 0.2) is 15.7 Å². The molecule has 1 aromatic carbocycles. The number of nitrogen functional groups attached to an aromatic ring is 1. The highest BCUT2D eigenvalue weighted by atomic mass is 35.5. The predicted molar refractivity (Wildman–Crippen MR) is 74.3 cm³/mol. The lowest BCUT2D eigenvalue weighted by molar-refractivity contribution is 0.602. The van der Waals surface area contributed by atoms with Gasteiger partial charge >= 0.3 is 0 Å². The second kappa shape index (κ2) is 5.02. The topological polar surface area (TPSA) is 98.0 Å². The largest absolute Gasteiger partial charge is 0.394 e. The number of nitrogens with zero attached hydrogens (tertiary/aromatic N) is 2. The summed E-state index contributed by atoms with van der Waals surface area (Å²) in [6, 6.07) is 6.23. The van der Waals surface area contributed by atoms with E-state index < -0.39 is 9.84 Å². The van der Waals surface area contributed by atoms with E-state index in [1.165, 1.54) is 18.3 Å². The van der Waals surface area contributed by atoms with E-state index in [0.29, 0.717) is 17.2 Å². The Balaban J connectivity index is 2.27. The molecule has 0 aliphatic heterocycles. The van der Waals surface area contributed by atoms with Crippen LogP contribution < -0.4 is 11.1 Å². The smallest absolute Gasteiger partial charge is 0.224 e. The van der Waals surface area contributed by atoms with Crippen molar-refractivity contribution in [2.45, 2.75) is 4.90 Å². The maximum Gasteiger partial charge on any atom is 0.224 e. The summed E-state index contributed by atoms with van der Waals surface area (Å²) >= 11 is 5.67. The summed E-state index contributed by atoms with van der Waals surface area (Å²) in [7, 11) is -3.21. The van der Waals surface area contributed by atoms with E-state index in [4.69, 9.17) is 17.3 Å². The number of nitrogens with two attached hydrogens (primary N) is 1. The Hall–Kier alpha value is -1.86. The minimum Gasteiger partial charge on any atom is -0.394 e. The SMILES string of the molecule is CS(=O)(=O)c1ccc(Nc2nc(Cl)ncc2N)cc1. The zero-order chi connectivity index (χ0) is 14.0. The predicted octanol–water partition coefficient (Wildman–Crippen LogP) is 1.86. The fourth-order valence-electron chi connectivity index (χ4n) is 1.39. The summed E-state index contributed by atoms with van der Waals surface area (Å²) in [4.78, 5) is 7.92. The number of aromatic nitrogens is 2. The first kappa shape index (κ1) is 13.6. The van der Waals surface area contributed by atoms with Gasteiger partial charge in [-0.2, -0.15) is 4.98 Å². The Morgan fingerprint density at radius 1 is 1.26 bits per heavy atom. The van der Waals surface area contributed by atoms with E-state index in [9.17, 15) is 8.42 Å². The van der Waals surface area contributed by atoms with Gasteiger partial charge in [-0.1, -0.05) is 0 Å². The van der Waals surface area contributed by atoms with Crippen LogP contribution in [0.3, 0.4) is 0 Å². The van der Waals surface area contributed by atoms with E-state index in [1.54, 1.807) is 12.1 Å². The van der Waals surface area contributed by atoms with Crippen LogP contribution in [0.2, 0.25) is 5.28 Å². The molecule has 2 aromatic rings. The van der Waals surface area contributed by atoms with Gasteiger partial charge in [-0.05, 0) is 35.9 Å². The van der Waals surface area contributed by atoms with Crippen LogP contribution in [0, 0.1) is 0 Å². The molecule has 3 N–H and O–H groups in total. The van der Waals surface area contributed by atoms with Crippen molar-refractivity contribution in [3.8, 4) is 0 Å². The summed E-state index contributed by atoms with van der Waals surface area (Å²) < 4.78 is 22.6. The molecule has 0 atom stereocenters. The second-order valence-electron chi connectivity index (χ2n) is 3.86. The van der Waals surface area contributed by atoms with Crippen LogP contribution in [0.25, 0.3) is 0 Å². The molecule has 0 saturated carbocycles. The van der Waals surface area contributed by atoms with E-state index in [1.807, 2.05) is 0 Å². The lowest BCUT2D eigenvalue weighted by Gasteiger charge is -2.08. The number of rotatable bonds is 3. The summed E-state index contributed by atoms with van der Waals surface area (Å²) in [5, 5.41) is 3.01. The second-order valence-corrected chi connectivity index (χ2v) is 6.22. The number of halogens is 1.